The van der Waals surface area contributed by atoms with Crippen LogP contribution in [0.1, 0.15) is 20.8 Å². The van der Waals surface area contributed by atoms with Gasteiger partial charge in [0.05, 0.1) is 139 Å². The summed E-state index contributed by atoms with van der Waals surface area (Å²) >= 11 is 0. The summed E-state index contributed by atoms with van der Waals surface area (Å²) in [5, 5.41) is 0.217. The van der Waals surface area contributed by atoms with E-state index in [9.17, 15) is 4.39 Å². The molecule has 0 saturated carbocycles. The summed E-state index contributed by atoms with van der Waals surface area (Å²) in [6, 6.07) is 0. The first-order valence-corrected chi connectivity index (χ1v) is 17.7. The molecule has 0 saturated heterocycles. The van der Waals surface area contributed by atoms with E-state index in [1.165, 1.54) is 0 Å². The first-order valence-electron chi connectivity index (χ1n) is 14.8. The predicted octanol–water partition coefficient (Wildman–Crippen LogP) is 3.14. The molecule has 0 aliphatic carbocycles. The maximum atomic E-state index is 11.8. The number of hydrogen-bond donors (Lipinski definition) is 0. The Labute approximate surface area is 249 Å². The second-order valence-corrected chi connectivity index (χ2v) is 15.2. The van der Waals surface area contributed by atoms with Crippen molar-refractivity contribution >= 4 is 8.32 Å². The van der Waals surface area contributed by atoms with Gasteiger partial charge in [0.15, 0.2) is 8.32 Å². The quantitative estimate of drug-likeness (QED) is 0.0801. The third-order valence-electron chi connectivity index (χ3n) is 6.07. The van der Waals surface area contributed by atoms with Gasteiger partial charge in [0, 0.05) is 0 Å². The van der Waals surface area contributed by atoms with E-state index in [0.717, 1.165) is 0 Å². The van der Waals surface area contributed by atoms with Crippen molar-refractivity contribution < 1.29 is 56.2 Å². The van der Waals surface area contributed by atoms with E-state index in [1.807, 2.05) is 0 Å². The van der Waals surface area contributed by atoms with Crippen molar-refractivity contribution in [3.8, 4) is 0 Å². The standard InChI is InChI=1S/C28H59FO11Si/c1-28(2,3)41(4,5)40-27-26-39-25-24-38-23-22-37-21-20-36-19-18-35-17-16-34-15-14-33-13-12-32-11-10-31-9-8-30-7-6-29/h6-27H2,1-5H3. The molecule has 13 heteroatoms. The third-order valence-corrected chi connectivity index (χ3v) is 10.6. The summed E-state index contributed by atoms with van der Waals surface area (Å²) in [5.74, 6) is 0. The van der Waals surface area contributed by atoms with E-state index < -0.39 is 15.0 Å². The summed E-state index contributed by atoms with van der Waals surface area (Å²) in [6.45, 7) is 21.1. The molecule has 0 aliphatic heterocycles. The first-order chi connectivity index (χ1) is 19.8. The second kappa shape index (κ2) is 29.8. The van der Waals surface area contributed by atoms with Crippen molar-refractivity contribution in [2.75, 3.05) is 145 Å². The highest BCUT2D eigenvalue weighted by molar-refractivity contribution is 6.74. The average Bonchev–Trinajstić information content (AvgIpc) is 2.93. The summed E-state index contributed by atoms with van der Waals surface area (Å²) in [7, 11) is -1.70. The van der Waals surface area contributed by atoms with Gasteiger partial charge < -0.3 is 51.8 Å². The lowest BCUT2D eigenvalue weighted by Crippen LogP contribution is -2.41. The minimum atomic E-state index is -1.70. The van der Waals surface area contributed by atoms with Crippen molar-refractivity contribution in [3.05, 3.63) is 0 Å². The molecule has 248 valence electrons. The number of alkyl halides is 1. The normalized spacial score (nSPS) is 12.4. The van der Waals surface area contributed by atoms with Crippen molar-refractivity contribution in [3.63, 3.8) is 0 Å². The predicted molar refractivity (Wildman–Crippen MR) is 157 cm³/mol. The molecule has 0 heterocycles. The molecular weight excluding hydrogens is 559 g/mol. The van der Waals surface area contributed by atoms with Crippen LogP contribution in [-0.4, -0.2) is 154 Å². The Morgan fingerprint density at radius 3 is 0.756 bits per heavy atom. The maximum absolute atomic E-state index is 11.8. The van der Waals surface area contributed by atoms with Gasteiger partial charge in [-0.15, -0.1) is 0 Å². The molecule has 0 amide bonds. The highest BCUT2D eigenvalue weighted by Gasteiger charge is 2.36. The lowest BCUT2D eigenvalue weighted by molar-refractivity contribution is -0.0268. The molecule has 0 spiro atoms. The highest BCUT2D eigenvalue weighted by Crippen LogP contribution is 2.36. The van der Waals surface area contributed by atoms with Crippen molar-refractivity contribution in [2.45, 2.75) is 38.9 Å². The molecule has 0 aromatic rings. The van der Waals surface area contributed by atoms with Crippen LogP contribution in [0.15, 0.2) is 0 Å². The van der Waals surface area contributed by atoms with Crippen LogP contribution in [0, 0.1) is 0 Å². The third kappa shape index (κ3) is 29.6. The minimum absolute atomic E-state index is 0.116. The van der Waals surface area contributed by atoms with Crippen LogP contribution in [0.25, 0.3) is 0 Å². The van der Waals surface area contributed by atoms with E-state index in [-0.39, 0.29) is 11.6 Å². The SMILES string of the molecule is CC(C)(C)[Si](C)(C)OCCOCCOCCOCCOCCOCCOCCOCCOCCOCCOCCF. The Balaban J connectivity index is 3.12. The second-order valence-electron chi connectivity index (χ2n) is 10.4. The summed E-state index contributed by atoms with van der Waals surface area (Å²) in [6.07, 6.45) is 0. The topological polar surface area (TPSA) is 102 Å². The van der Waals surface area contributed by atoms with Gasteiger partial charge in [-0.2, -0.15) is 0 Å². The van der Waals surface area contributed by atoms with Gasteiger partial charge in [0.25, 0.3) is 0 Å². The van der Waals surface area contributed by atoms with Gasteiger partial charge in [-0.1, -0.05) is 20.8 Å². The van der Waals surface area contributed by atoms with E-state index in [0.29, 0.717) is 132 Å². The molecule has 0 rings (SSSR count). The maximum Gasteiger partial charge on any atom is 0.192 e. The Morgan fingerprint density at radius 1 is 0.366 bits per heavy atom. The molecule has 0 bridgehead atoms. The summed E-state index contributed by atoms with van der Waals surface area (Å²) < 4.78 is 71.9. The lowest BCUT2D eigenvalue weighted by atomic mass is 10.2. The zero-order valence-corrected chi connectivity index (χ0v) is 27.4. The van der Waals surface area contributed by atoms with Crippen LogP contribution in [0.5, 0.6) is 0 Å². The van der Waals surface area contributed by atoms with E-state index in [4.69, 9.17) is 51.8 Å². The van der Waals surface area contributed by atoms with Gasteiger partial charge >= 0.3 is 0 Å². The average molecular weight is 619 g/mol. The molecule has 0 aliphatic rings. The Hall–Kier alpha value is -0.293. The van der Waals surface area contributed by atoms with Crippen LogP contribution >= 0.6 is 0 Å². The fraction of sp³-hybridized carbons (Fsp3) is 1.00. The number of halogens is 1. The van der Waals surface area contributed by atoms with Gasteiger partial charge in [-0.25, -0.2) is 4.39 Å². The van der Waals surface area contributed by atoms with Gasteiger partial charge in [0.1, 0.15) is 6.67 Å². The molecule has 0 unspecified atom stereocenters. The number of rotatable bonds is 33. The lowest BCUT2D eigenvalue weighted by Gasteiger charge is -2.36. The Kier molecular flexibility index (Phi) is 29.6. The fourth-order valence-electron chi connectivity index (χ4n) is 2.71. The van der Waals surface area contributed by atoms with Crippen LogP contribution in [0.2, 0.25) is 18.1 Å². The molecular formula is C28H59FO11Si. The van der Waals surface area contributed by atoms with Crippen molar-refractivity contribution in [2.24, 2.45) is 0 Å². The van der Waals surface area contributed by atoms with Gasteiger partial charge in [-0.05, 0) is 18.1 Å². The number of ether oxygens (including phenoxy) is 10. The number of hydrogen-bond acceptors (Lipinski definition) is 11. The van der Waals surface area contributed by atoms with Crippen LogP contribution in [-0.2, 0) is 51.8 Å². The highest BCUT2D eigenvalue weighted by atomic mass is 28.4. The van der Waals surface area contributed by atoms with Crippen molar-refractivity contribution in [1.29, 1.82) is 0 Å². The molecule has 0 fully saturated rings. The fourth-order valence-corrected chi connectivity index (χ4v) is 3.73. The summed E-state index contributed by atoms with van der Waals surface area (Å²) in [4.78, 5) is 0. The van der Waals surface area contributed by atoms with Crippen LogP contribution in [0.4, 0.5) is 4.39 Å². The zero-order chi connectivity index (χ0) is 30.3. The van der Waals surface area contributed by atoms with E-state index in [2.05, 4.69) is 33.9 Å². The molecule has 0 atom stereocenters. The van der Waals surface area contributed by atoms with Gasteiger partial charge in [-0.3, -0.25) is 0 Å². The van der Waals surface area contributed by atoms with E-state index >= 15 is 0 Å². The molecule has 0 N–H and O–H groups in total. The van der Waals surface area contributed by atoms with Gasteiger partial charge in [0.2, 0.25) is 0 Å². The molecule has 0 aromatic carbocycles. The van der Waals surface area contributed by atoms with Crippen LogP contribution < -0.4 is 0 Å². The first kappa shape index (κ1) is 40.7. The summed E-state index contributed by atoms with van der Waals surface area (Å²) in [5.41, 5.74) is 0. The van der Waals surface area contributed by atoms with Crippen LogP contribution in [0.3, 0.4) is 0 Å². The minimum Gasteiger partial charge on any atom is -0.414 e. The largest absolute Gasteiger partial charge is 0.414 e. The molecule has 0 aromatic heterocycles. The Morgan fingerprint density at radius 2 is 0.561 bits per heavy atom. The molecule has 41 heavy (non-hydrogen) atoms. The molecule has 11 nitrogen and oxygen atoms in total. The smallest absolute Gasteiger partial charge is 0.192 e. The van der Waals surface area contributed by atoms with Crippen molar-refractivity contribution in [1.82, 2.24) is 0 Å². The monoisotopic (exact) mass is 618 g/mol. The van der Waals surface area contributed by atoms with E-state index in [1.54, 1.807) is 0 Å². The zero-order valence-electron chi connectivity index (χ0n) is 26.4. The Bertz CT molecular complexity index is 528. The molecule has 0 radical (unpaired) electrons.